The lowest BCUT2D eigenvalue weighted by Crippen LogP contribution is -2.08. The van der Waals surface area contributed by atoms with E-state index in [-0.39, 0.29) is 0 Å². The van der Waals surface area contributed by atoms with Gasteiger partial charge in [0.05, 0.1) is 0 Å². The molecule has 0 radical (unpaired) electrons. The third kappa shape index (κ3) is 7.99. The maximum atomic E-state index is 4.40. The van der Waals surface area contributed by atoms with E-state index in [0.29, 0.717) is 5.92 Å². The molecule has 0 saturated heterocycles. The zero-order valence-corrected chi connectivity index (χ0v) is 14.9. The minimum Gasteiger partial charge on any atom is -0.143 e. The van der Waals surface area contributed by atoms with Gasteiger partial charge in [-0.3, -0.25) is 0 Å². The van der Waals surface area contributed by atoms with Gasteiger partial charge in [0.1, 0.15) is 0 Å². The fourth-order valence-corrected chi connectivity index (χ4v) is 3.02. The Kier molecular flexibility index (Phi) is 12.1. The summed E-state index contributed by atoms with van der Waals surface area (Å²) in [6.45, 7) is 13.0. The Morgan fingerprint density at radius 3 is 1.95 bits per heavy atom. The number of hydrogen-bond donors (Lipinski definition) is 1. The molecule has 0 fully saturated rings. The molecule has 0 aromatic carbocycles. The van der Waals surface area contributed by atoms with Gasteiger partial charge in [0.15, 0.2) is 0 Å². The van der Waals surface area contributed by atoms with Crippen LogP contribution in [0.4, 0.5) is 0 Å². The van der Waals surface area contributed by atoms with E-state index in [9.17, 15) is 0 Å². The van der Waals surface area contributed by atoms with Crippen LogP contribution in [-0.2, 0) is 0 Å². The molecule has 0 aliphatic carbocycles. The normalized spacial score (nSPS) is 13.3. The first-order valence-corrected chi connectivity index (χ1v) is 8.79. The molecule has 1 heteroatoms. The van der Waals surface area contributed by atoms with Crippen LogP contribution in [0, 0.1) is 11.8 Å². The van der Waals surface area contributed by atoms with Gasteiger partial charge in [-0.05, 0) is 37.2 Å². The molecule has 0 spiro atoms. The highest BCUT2D eigenvalue weighted by molar-refractivity contribution is 7.84. The van der Waals surface area contributed by atoms with Crippen LogP contribution in [0.3, 0.4) is 0 Å². The van der Waals surface area contributed by atoms with Crippen LogP contribution >= 0.6 is 12.6 Å². The third-order valence-corrected chi connectivity index (χ3v) is 4.44. The standard InChI is InChI=1S/C19H34S/c1-6-11-16(12-7-2)15-18(17(8-3)9-4)13-14-19(20)10-5/h10,13-14,16-17,20H,5-9,11-12,15H2,1-4H3/b18-13-,19-14+. The van der Waals surface area contributed by atoms with E-state index >= 15 is 0 Å². The lowest BCUT2D eigenvalue weighted by Gasteiger charge is -2.23. The van der Waals surface area contributed by atoms with Crippen LogP contribution < -0.4 is 0 Å². The summed E-state index contributed by atoms with van der Waals surface area (Å²) in [5.41, 5.74) is 1.61. The predicted octanol–water partition coefficient (Wildman–Crippen LogP) is 6.96. The SMILES string of the molecule is C=C/C(S)=C\C=C(\CC(CCC)CCC)C(CC)CC. The fraction of sp³-hybridized carbons (Fsp3) is 0.684. The summed E-state index contributed by atoms with van der Waals surface area (Å²) in [7, 11) is 0. The quantitative estimate of drug-likeness (QED) is 0.309. The topological polar surface area (TPSA) is 0 Å². The van der Waals surface area contributed by atoms with Gasteiger partial charge in [-0.25, -0.2) is 0 Å². The second-order valence-electron chi connectivity index (χ2n) is 5.70. The van der Waals surface area contributed by atoms with E-state index in [4.69, 9.17) is 0 Å². The highest BCUT2D eigenvalue weighted by Crippen LogP contribution is 2.30. The van der Waals surface area contributed by atoms with Gasteiger partial charge in [-0.2, -0.15) is 0 Å². The van der Waals surface area contributed by atoms with E-state index in [1.807, 2.05) is 0 Å². The number of allylic oxidation sites excluding steroid dienone is 4. The van der Waals surface area contributed by atoms with Crippen molar-refractivity contribution >= 4 is 12.6 Å². The minimum absolute atomic E-state index is 0.716. The maximum absolute atomic E-state index is 4.40. The van der Waals surface area contributed by atoms with Crippen molar-refractivity contribution in [3.63, 3.8) is 0 Å². The lowest BCUT2D eigenvalue weighted by atomic mass is 9.83. The van der Waals surface area contributed by atoms with E-state index in [1.165, 1.54) is 44.9 Å². The zero-order chi connectivity index (χ0) is 15.4. The predicted molar refractivity (Wildman–Crippen MR) is 97.3 cm³/mol. The van der Waals surface area contributed by atoms with Crippen molar-refractivity contribution < 1.29 is 0 Å². The molecule has 0 rings (SSSR count). The molecule has 20 heavy (non-hydrogen) atoms. The van der Waals surface area contributed by atoms with Crippen molar-refractivity contribution in [1.82, 2.24) is 0 Å². The van der Waals surface area contributed by atoms with Gasteiger partial charge in [-0.15, -0.1) is 12.6 Å². The van der Waals surface area contributed by atoms with Crippen LogP contribution in [0.15, 0.2) is 35.3 Å². The highest BCUT2D eigenvalue weighted by Gasteiger charge is 2.15. The summed E-state index contributed by atoms with van der Waals surface area (Å²) >= 11 is 4.40. The number of rotatable bonds is 11. The van der Waals surface area contributed by atoms with Gasteiger partial charge in [0.2, 0.25) is 0 Å². The van der Waals surface area contributed by atoms with Gasteiger partial charge in [0.25, 0.3) is 0 Å². The summed E-state index contributed by atoms with van der Waals surface area (Å²) in [6.07, 6.45) is 15.2. The average Bonchev–Trinajstić information content (AvgIpc) is 2.45. The molecule has 0 aliphatic heterocycles. The van der Waals surface area contributed by atoms with Crippen LogP contribution in [0.5, 0.6) is 0 Å². The molecule has 0 bridgehead atoms. The molecule has 0 N–H and O–H groups in total. The molecule has 0 aromatic heterocycles. The monoisotopic (exact) mass is 294 g/mol. The van der Waals surface area contributed by atoms with Crippen molar-refractivity contribution in [1.29, 1.82) is 0 Å². The molecule has 0 atom stereocenters. The Morgan fingerprint density at radius 1 is 1.00 bits per heavy atom. The van der Waals surface area contributed by atoms with Crippen molar-refractivity contribution in [2.45, 2.75) is 72.6 Å². The molecular weight excluding hydrogens is 260 g/mol. The molecule has 0 aliphatic rings. The highest BCUT2D eigenvalue weighted by atomic mass is 32.1. The first-order chi connectivity index (χ1) is 9.62. The summed E-state index contributed by atoms with van der Waals surface area (Å²) in [5, 5.41) is 0. The third-order valence-electron chi connectivity index (χ3n) is 4.11. The van der Waals surface area contributed by atoms with E-state index < -0.39 is 0 Å². The molecule has 0 nitrogen and oxygen atoms in total. The summed E-state index contributed by atoms with van der Waals surface area (Å²) in [5.74, 6) is 1.56. The molecule has 116 valence electrons. The lowest BCUT2D eigenvalue weighted by molar-refractivity contribution is 0.409. The first kappa shape index (κ1) is 19.6. The summed E-state index contributed by atoms with van der Waals surface area (Å²) in [6, 6.07) is 0. The number of hydrogen-bond acceptors (Lipinski definition) is 1. The molecule has 0 amide bonds. The largest absolute Gasteiger partial charge is 0.143 e. The van der Waals surface area contributed by atoms with Crippen LogP contribution in [0.25, 0.3) is 0 Å². The summed E-state index contributed by atoms with van der Waals surface area (Å²) < 4.78 is 0. The Morgan fingerprint density at radius 2 is 1.55 bits per heavy atom. The molecule has 0 aromatic rings. The van der Waals surface area contributed by atoms with Gasteiger partial charge in [-0.1, -0.05) is 77.7 Å². The van der Waals surface area contributed by atoms with Crippen LogP contribution in [0.1, 0.15) is 72.6 Å². The first-order valence-electron chi connectivity index (χ1n) is 8.34. The average molecular weight is 295 g/mol. The van der Waals surface area contributed by atoms with Crippen LogP contribution in [0.2, 0.25) is 0 Å². The smallest absolute Gasteiger partial charge is 0.00340 e. The van der Waals surface area contributed by atoms with E-state index in [2.05, 4.69) is 59.1 Å². The van der Waals surface area contributed by atoms with E-state index in [1.54, 1.807) is 11.6 Å². The molecule has 0 saturated carbocycles. The molecule has 0 heterocycles. The summed E-state index contributed by atoms with van der Waals surface area (Å²) in [4.78, 5) is 0.955. The van der Waals surface area contributed by atoms with Gasteiger partial charge >= 0.3 is 0 Å². The Balaban J connectivity index is 5.04. The second-order valence-corrected chi connectivity index (χ2v) is 6.21. The van der Waals surface area contributed by atoms with Crippen molar-refractivity contribution in [3.05, 3.63) is 35.3 Å². The van der Waals surface area contributed by atoms with Gasteiger partial charge in [0, 0.05) is 4.91 Å². The van der Waals surface area contributed by atoms with Crippen molar-refractivity contribution in [2.75, 3.05) is 0 Å². The van der Waals surface area contributed by atoms with Crippen molar-refractivity contribution in [2.24, 2.45) is 11.8 Å². The maximum Gasteiger partial charge on any atom is 0.00340 e. The Labute approximate surface area is 132 Å². The second kappa shape index (κ2) is 12.3. The van der Waals surface area contributed by atoms with Crippen LogP contribution in [-0.4, -0.2) is 0 Å². The zero-order valence-electron chi connectivity index (χ0n) is 14.0. The Bertz CT molecular complexity index is 302. The fourth-order valence-electron chi connectivity index (χ4n) is 2.94. The molecule has 0 unspecified atom stereocenters. The van der Waals surface area contributed by atoms with E-state index in [0.717, 1.165) is 10.8 Å². The Hall–Kier alpha value is -0.430. The minimum atomic E-state index is 0.716. The van der Waals surface area contributed by atoms with Gasteiger partial charge < -0.3 is 0 Å². The number of thiol groups is 1. The molecular formula is C19H34S. The van der Waals surface area contributed by atoms with Crippen molar-refractivity contribution in [3.8, 4) is 0 Å².